The van der Waals surface area contributed by atoms with Crippen molar-refractivity contribution < 1.29 is 33.8 Å². The van der Waals surface area contributed by atoms with Crippen molar-refractivity contribution in [2.24, 2.45) is 17.8 Å². The first-order chi connectivity index (χ1) is 23.5. The van der Waals surface area contributed by atoms with E-state index in [2.05, 4.69) is 22.5 Å². The first-order valence-electron chi connectivity index (χ1n) is 17.8. The van der Waals surface area contributed by atoms with Crippen LogP contribution in [0.4, 0.5) is 0 Å². The van der Waals surface area contributed by atoms with Crippen LogP contribution < -0.4 is 16.0 Å². The van der Waals surface area contributed by atoms with Crippen molar-refractivity contribution in [3.63, 3.8) is 0 Å². The number of amides is 4. The number of hydrogen-bond donors (Lipinski definition) is 4. The van der Waals surface area contributed by atoms with E-state index in [1.807, 2.05) is 58.0 Å². The van der Waals surface area contributed by atoms with Gasteiger partial charge in [-0.25, -0.2) is 0 Å². The number of likely N-dealkylation sites (N-methyl/N-ethyl adjacent to an activating group) is 2. The lowest BCUT2D eigenvalue weighted by Crippen LogP contribution is -2.58. The Hall–Kier alpha value is -3.32. The molecule has 50 heavy (non-hydrogen) atoms. The predicted octanol–water partition coefficient (Wildman–Crippen LogP) is 3.06. The minimum absolute atomic E-state index is 0.00402. The molecule has 1 aromatic carbocycles. The first-order valence-corrected chi connectivity index (χ1v) is 17.8. The zero-order chi connectivity index (χ0) is 37.9. The van der Waals surface area contributed by atoms with Gasteiger partial charge >= 0.3 is 0 Å². The van der Waals surface area contributed by atoms with Gasteiger partial charge in [0.25, 0.3) is 0 Å². The van der Waals surface area contributed by atoms with Crippen LogP contribution in [0.1, 0.15) is 79.4 Å². The highest BCUT2D eigenvalue weighted by Crippen LogP contribution is 2.29. The van der Waals surface area contributed by atoms with Gasteiger partial charge in [0.15, 0.2) is 0 Å². The molecule has 1 aromatic rings. The van der Waals surface area contributed by atoms with Crippen molar-refractivity contribution in [2.45, 2.75) is 116 Å². The van der Waals surface area contributed by atoms with Gasteiger partial charge in [-0.1, -0.05) is 71.5 Å². The van der Waals surface area contributed by atoms with E-state index in [4.69, 9.17) is 9.47 Å². The Labute approximate surface area is 299 Å². The van der Waals surface area contributed by atoms with Gasteiger partial charge in [0.05, 0.1) is 54.8 Å². The van der Waals surface area contributed by atoms with Crippen LogP contribution in [0.3, 0.4) is 0 Å². The van der Waals surface area contributed by atoms with E-state index < -0.39 is 48.4 Å². The zero-order valence-corrected chi connectivity index (χ0v) is 32.1. The highest BCUT2D eigenvalue weighted by Gasteiger charge is 2.42. The minimum atomic E-state index is -0.953. The Morgan fingerprint density at radius 2 is 1.60 bits per heavy atom. The number of benzene rings is 1. The molecule has 1 aliphatic heterocycles. The summed E-state index contributed by atoms with van der Waals surface area (Å²) < 4.78 is 11.8. The largest absolute Gasteiger partial charge is 0.386 e. The van der Waals surface area contributed by atoms with E-state index in [1.54, 1.807) is 51.8 Å². The number of ether oxygens (including phenoxy) is 2. The molecule has 0 bridgehead atoms. The molecule has 1 aliphatic rings. The highest BCUT2D eigenvalue weighted by atomic mass is 16.5. The maximum absolute atomic E-state index is 14.0. The van der Waals surface area contributed by atoms with Crippen molar-refractivity contribution in [1.82, 2.24) is 25.8 Å². The lowest BCUT2D eigenvalue weighted by Gasteiger charge is -2.40. The molecule has 0 spiro atoms. The Bertz CT molecular complexity index is 1280. The summed E-state index contributed by atoms with van der Waals surface area (Å²) in [5.41, 5.74) is 1.20. The summed E-state index contributed by atoms with van der Waals surface area (Å²) in [6, 6.07) is 6.33. The maximum atomic E-state index is 14.0. The van der Waals surface area contributed by atoms with Crippen LogP contribution in [-0.2, 0) is 28.7 Å². The van der Waals surface area contributed by atoms with Gasteiger partial charge in [-0.3, -0.25) is 19.2 Å². The van der Waals surface area contributed by atoms with E-state index in [9.17, 15) is 24.3 Å². The lowest BCUT2D eigenvalue weighted by atomic mass is 9.92. The molecule has 1 fully saturated rings. The average molecular weight is 702 g/mol. The lowest BCUT2D eigenvalue weighted by molar-refractivity contribution is -0.146. The smallest absolute Gasteiger partial charge is 0.249 e. The number of carbonyl (C=O) groups excluding carboxylic acids is 4. The normalized spacial score (nSPS) is 19.6. The number of aliphatic hydroxyl groups is 1. The van der Waals surface area contributed by atoms with Crippen LogP contribution in [0.15, 0.2) is 42.5 Å². The molecule has 282 valence electrons. The minimum Gasteiger partial charge on any atom is -0.386 e. The molecule has 4 amide bonds. The number of nitrogens with zero attached hydrogens (tertiary/aromatic N) is 2. The van der Waals surface area contributed by atoms with Crippen molar-refractivity contribution in [2.75, 3.05) is 34.9 Å². The van der Waals surface area contributed by atoms with Gasteiger partial charge in [0.2, 0.25) is 23.6 Å². The second kappa shape index (κ2) is 19.9. The molecule has 4 N–H and O–H groups in total. The number of nitrogens with one attached hydrogen (secondary N) is 3. The van der Waals surface area contributed by atoms with E-state index in [0.717, 1.165) is 6.42 Å². The van der Waals surface area contributed by atoms with Gasteiger partial charge in [0, 0.05) is 27.8 Å². The number of hydrogen-bond acceptors (Lipinski definition) is 8. The molecule has 0 unspecified atom stereocenters. The van der Waals surface area contributed by atoms with Crippen LogP contribution in [-0.4, -0.2) is 116 Å². The molecule has 0 aromatic heterocycles. The first kappa shape index (κ1) is 42.8. The van der Waals surface area contributed by atoms with Gasteiger partial charge < -0.3 is 40.3 Å². The molecule has 1 saturated heterocycles. The highest BCUT2D eigenvalue weighted by molar-refractivity contribution is 5.92. The number of likely N-dealkylation sites (tertiary alicyclic amines) is 1. The van der Waals surface area contributed by atoms with Crippen LogP contribution in [0.25, 0.3) is 0 Å². The third-order valence-corrected chi connectivity index (χ3v) is 9.99. The van der Waals surface area contributed by atoms with Crippen molar-refractivity contribution in [1.29, 1.82) is 0 Å². The second-order valence-corrected chi connectivity index (χ2v) is 14.4. The molecule has 0 aliphatic carbocycles. The molecule has 9 atom stereocenters. The summed E-state index contributed by atoms with van der Waals surface area (Å²) in [6.07, 6.45) is -0.693. The summed E-state index contributed by atoms with van der Waals surface area (Å²) in [5.74, 6) is -1.78. The number of rotatable bonds is 19. The molecular weight excluding hydrogens is 638 g/mol. The number of methoxy groups -OCH3 is 2. The van der Waals surface area contributed by atoms with Crippen LogP contribution in [0.5, 0.6) is 0 Å². The molecule has 1 heterocycles. The van der Waals surface area contributed by atoms with Crippen molar-refractivity contribution in [3.05, 3.63) is 48.0 Å². The topological polar surface area (TPSA) is 150 Å². The Morgan fingerprint density at radius 1 is 0.980 bits per heavy atom. The monoisotopic (exact) mass is 701 g/mol. The number of aliphatic hydroxyl groups excluding tert-OH is 1. The average Bonchev–Trinajstić information content (AvgIpc) is 3.56. The molecule has 12 nitrogen and oxygen atoms in total. The van der Waals surface area contributed by atoms with Crippen LogP contribution in [0.2, 0.25) is 0 Å². The fraction of sp³-hybridized carbons (Fsp3) is 0.684. The molecule has 0 saturated carbocycles. The van der Waals surface area contributed by atoms with Gasteiger partial charge in [-0.05, 0) is 56.7 Å². The fourth-order valence-electron chi connectivity index (χ4n) is 7.17. The molecule has 12 heteroatoms. The van der Waals surface area contributed by atoms with E-state index >= 15 is 0 Å². The summed E-state index contributed by atoms with van der Waals surface area (Å²) in [4.78, 5) is 57.8. The second-order valence-electron chi connectivity index (χ2n) is 14.4. The summed E-state index contributed by atoms with van der Waals surface area (Å²) in [6.45, 7) is 17.5. The van der Waals surface area contributed by atoms with Crippen LogP contribution in [0, 0.1) is 17.8 Å². The quantitative estimate of drug-likeness (QED) is 0.161. The van der Waals surface area contributed by atoms with Gasteiger partial charge in [0.1, 0.15) is 6.04 Å². The SMILES string of the molecule is C=C(C)[C@H](NC(=O)[C@@H](NC)C(C)C)C(=O)N(C)[C@@H](C(C)C)[C@@H](CC(=O)N1CCC[C@H]1[C@H](OC)[C@@H](C)C(=O)N[C@H](C)[C@@H](O)c1ccccc1)OC. The fourth-order valence-corrected chi connectivity index (χ4v) is 7.17. The third kappa shape index (κ3) is 10.8. The molecule has 0 radical (unpaired) electrons. The van der Waals surface area contributed by atoms with E-state index in [1.165, 1.54) is 7.11 Å². The summed E-state index contributed by atoms with van der Waals surface area (Å²) in [7, 11) is 6.44. The summed E-state index contributed by atoms with van der Waals surface area (Å²) >= 11 is 0. The van der Waals surface area contributed by atoms with Crippen molar-refractivity contribution in [3.8, 4) is 0 Å². The Morgan fingerprint density at radius 3 is 2.10 bits per heavy atom. The standard InChI is InChI=1S/C38H63N5O7/c1-22(2)31(39-9)37(47)41-32(23(3)4)38(48)42(10)33(24(5)6)29(49-11)21-30(44)43-20-16-19-28(43)35(50-12)25(7)36(46)40-26(8)34(45)27-17-14-13-15-18-27/h13-15,17-18,22,24-26,28-29,31-35,39,45H,3,16,19-21H2,1-2,4-12H3,(H,40,46)(H,41,47)/t25-,26-,28+,29-,31+,32+,33+,34-,35-/m1/s1. The van der Waals surface area contributed by atoms with E-state index in [0.29, 0.717) is 24.1 Å². The zero-order valence-electron chi connectivity index (χ0n) is 32.1. The Balaban J connectivity index is 2.21. The van der Waals surface area contributed by atoms with E-state index in [-0.39, 0.29) is 47.9 Å². The predicted molar refractivity (Wildman–Crippen MR) is 195 cm³/mol. The molecular formula is C38H63N5O7. The Kier molecular flexibility index (Phi) is 17.1. The third-order valence-electron chi connectivity index (χ3n) is 9.99. The van der Waals surface area contributed by atoms with Gasteiger partial charge in [-0.15, -0.1) is 0 Å². The van der Waals surface area contributed by atoms with Crippen LogP contribution >= 0.6 is 0 Å². The summed E-state index contributed by atoms with van der Waals surface area (Å²) in [5, 5.41) is 19.6. The van der Waals surface area contributed by atoms with Gasteiger partial charge in [-0.2, -0.15) is 0 Å². The maximum Gasteiger partial charge on any atom is 0.249 e. The van der Waals surface area contributed by atoms with Crippen molar-refractivity contribution >= 4 is 23.6 Å². The number of carbonyl (C=O) groups is 4. The molecule has 2 rings (SSSR count).